The van der Waals surface area contributed by atoms with Gasteiger partial charge in [-0.2, -0.15) is 0 Å². The van der Waals surface area contributed by atoms with E-state index in [1.165, 1.54) is 17.5 Å². The first-order valence-electron chi connectivity index (χ1n) is 9.56. The van der Waals surface area contributed by atoms with Crippen molar-refractivity contribution in [2.24, 2.45) is 0 Å². The molecule has 0 aliphatic rings. The molecule has 4 rings (SSSR count). The molecule has 32 heavy (non-hydrogen) atoms. The summed E-state index contributed by atoms with van der Waals surface area (Å²) < 4.78 is 12.0. The number of thiazole rings is 1. The number of para-hydroxylation sites is 1. The minimum Gasteiger partial charge on any atom is -0.454 e. The van der Waals surface area contributed by atoms with E-state index < -0.39 is 12.7 Å². The number of aromatic nitrogens is 3. The highest BCUT2D eigenvalue weighted by Crippen LogP contribution is 2.37. The van der Waals surface area contributed by atoms with E-state index in [4.69, 9.17) is 26.2 Å². The number of anilines is 2. The van der Waals surface area contributed by atoms with Crippen molar-refractivity contribution in [2.45, 2.75) is 13.0 Å². The van der Waals surface area contributed by atoms with Gasteiger partial charge in [-0.25, -0.2) is 9.97 Å². The Hall–Kier alpha value is -3.24. The van der Waals surface area contributed by atoms with Crippen LogP contribution in [0.4, 0.5) is 10.9 Å². The lowest BCUT2D eigenvalue weighted by Gasteiger charge is -2.14. The predicted octanol–water partition coefficient (Wildman–Crippen LogP) is 5.25. The molecule has 0 aliphatic carbocycles. The number of nitrogens with zero attached hydrogens (tertiary/aromatic N) is 3. The van der Waals surface area contributed by atoms with E-state index in [2.05, 4.69) is 20.3 Å². The smallest absolute Gasteiger partial charge is 0.188 e. The summed E-state index contributed by atoms with van der Waals surface area (Å²) in [5, 5.41) is 24.6. The van der Waals surface area contributed by atoms with E-state index in [-0.39, 0.29) is 0 Å². The molecule has 0 amide bonds. The van der Waals surface area contributed by atoms with Crippen LogP contribution in [-0.4, -0.2) is 31.8 Å². The van der Waals surface area contributed by atoms with Gasteiger partial charge in [0.25, 0.3) is 0 Å². The van der Waals surface area contributed by atoms with Gasteiger partial charge >= 0.3 is 0 Å². The number of ether oxygens (including phenoxy) is 2. The quantitative estimate of drug-likeness (QED) is 0.320. The van der Waals surface area contributed by atoms with Gasteiger partial charge < -0.3 is 25.0 Å². The van der Waals surface area contributed by atoms with Gasteiger partial charge in [0.15, 0.2) is 16.7 Å². The number of hydrogen-bond donors (Lipinski definition) is 3. The van der Waals surface area contributed by atoms with Crippen molar-refractivity contribution in [3.05, 3.63) is 76.6 Å². The van der Waals surface area contributed by atoms with E-state index in [9.17, 15) is 5.11 Å². The lowest BCUT2D eigenvalue weighted by atomic mass is 10.3. The van der Waals surface area contributed by atoms with Gasteiger partial charge in [-0.15, -0.1) is 11.3 Å². The lowest BCUT2D eigenvalue weighted by Crippen LogP contribution is -2.03. The molecule has 0 spiro atoms. The van der Waals surface area contributed by atoms with Crippen molar-refractivity contribution in [3.8, 4) is 23.0 Å². The van der Waals surface area contributed by atoms with Crippen LogP contribution in [0.3, 0.4) is 0 Å². The highest BCUT2D eigenvalue weighted by Gasteiger charge is 2.16. The van der Waals surface area contributed by atoms with Gasteiger partial charge in [-0.05, 0) is 31.2 Å². The van der Waals surface area contributed by atoms with Crippen LogP contribution in [0.2, 0.25) is 5.02 Å². The van der Waals surface area contributed by atoms with Gasteiger partial charge in [0, 0.05) is 17.6 Å². The Morgan fingerprint density at radius 2 is 1.91 bits per heavy atom. The van der Waals surface area contributed by atoms with Gasteiger partial charge in [-0.3, -0.25) is 4.98 Å². The molecular formula is C22H19ClN4O4S. The largest absolute Gasteiger partial charge is 0.454 e. The minimum atomic E-state index is -1.05. The maximum absolute atomic E-state index is 9.78. The molecule has 10 heteroatoms. The Morgan fingerprint density at radius 1 is 1.09 bits per heavy atom. The average molecular weight is 471 g/mol. The zero-order valence-electron chi connectivity index (χ0n) is 16.9. The van der Waals surface area contributed by atoms with Crippen molar-refractivity contribution in [2.75, 3.05) is 11.9 Å². The molecular weight excluding hydrogens is 452 g/mol. The second-order valence-corrected chi connectivity index (χ2v) is 7.91. The topological polar surface area (TPSA) is 110 Å². The molecule has 3 N–H and O–H groups in total. The number of halogens is 1. The number of benzene rings is 1. The molecule has 0 saturated carbocycles. The molecule has 164 valence electrons. The Kier molecular flexibility index (Phi) is 6.81. The standard InChI is InChI=1S/C22H19ClN4O4S/c1-13-18(7-4-8-24-13)31-20-9-14(30-19-6-3-2-5-15(19)23)10-25-21(20)27-22-26-16(12-32-22)17(29)11-28/h2-10,12,17,28-29H,11H2,1H3,(H,25,26,27). The first kappa shape index (κ1) is 22.0. The summed E-state index contributed by atoms with van der Waals surface area (Å²) in [6.07, 6.45) is 2.17. The molecule has 3 heterocycles. The second-order valence-electron chi connectivity index (χ2n) is 6.64. The van der Waals surface area contributed by atoms with E-state index in [1.807, 2.05) is 19.1 Å². The SMILES string of the molecule is Cc1ncccc1Oc1cc(Oc2ccccc2Cl)cnc1Nc1nc(C(O)CO)cs1. The van der Waals surface area contributed by atoms with Crippen LogP contribution in [0.1, 0.15) is 17.5 Å². The third kappa shape index (κ3) is 5.14. The first-order chi connectivity index (χ1) is 15.5. The summed E-state index contributed by atoms with van der Waals surface area (Å²) in [6, 6.07) is 12.4. The fraction of sp³-hybridized carbons (Fsp3) is 0.136. The van der Waals surface area contributed by atoms with Crippen LogP contribution >= 0.6 is 22.9 Å². The monoisotopic (exact) mass is 470 g/mol. The van der Waals surface area contributed by atoms with Gasteiger partial charge in [0.1, 0.15) is 23.4 Å². The molecule has 0 bridgehead atoms. The van der Waals surface area contributed by atoms with E-state index in [0.717, 1.165) is 0 Å². The zero-order valence-corrected chi connectivity index (χ0v) is 18.5. The third-order valence-electron chi connectivity index (χ3n) is 4.33. The number of rotatable bonds is 8. The summed E-state index contributed by atoms with van der Waals surface area (Å²) >= 11 is 7.47. The fourth-order valence-corrected chi connectivity index (χ4v) is 3.63. The van der Waals surface area contributed by atoms with Gasteiger partial charge in [-0.1, -0.05) is 23.7 Å². The summed E-state index contributed by atoms with van der Waals surface area (Å²) in [6.45, 7) is 1.42. The lowest BCUT2D eigenvalue weighted by molar-refractivity contribution is 0.0928. The van der Waals surface area contributed by atoms with Crippen molar-refractivity contribution in [3.63, 3.8) is 0 Å². The maximum atomic E-state index is 9.78. The Bertz CT molecular complexity index is 1220. The van der Waals surface area contributed by atoms with Crippen LogP contribution in [-0.2, 0) is 0 Å². The Balaban J connectivity index is 1.66. The maximum Gasteiger partial charge on any atom is 0.188 e. The summed E-state index contributed by atoms with van der Waals surface area (Å²) in [5.41, 5.74) is 1.07. The van der Waals surface area contributed by atoms with Crippen LogP contribution in [0.25, 0.3) is 0 Å². The highest BCUT2D eigenvalue weighted by molar-refractivity contribution is 7.13. The van der Waals surface area contributed by atoms with Crippen molar-refractivity contribution in [1.82, 2.24) is 15.0 Å². The summed E-state index contributed by atoms with van der Waals surface area (Å²) in [5.74, 6) is 2.24. The summed E-state index contributed by atoms with van der Waals surface area (Å²) in [7, 11) is 0. The average Bonchev–Trinajstić information content (AvgIpc) is 3.26. The molecule has 1 atom stereocenters. The van der Waals surface area contributed by atoms with Crippen molar-refractivity contribution in [1.29, 1.82) is 0 Å². The molecule has 3 aromatic heterocycles. The number of aryl methyl sites for hydroxylation is 1. The number of nitrogens with one attached hydrogen (secondary N) is 1. The van der Waals surface area contributed by atoms with Crippen molar-refractivity contribution >= 4 is 33.9 Å². The second kappa shape index (κ2) is 9.92. The molecule has 0 saturated heterocycles. The third-order valence-corrected chi connectivity index (χ3v) is 5.42. The fourth-order valence-electron chi connectivity index (χ4n) is 2.70. The predicted molar refractivity (Wildman–Crippen MR) is 122 cm³/mol. The molecule has 1 unspecified atom stereocenters. The number of aliphatic hydroxyl groups is 2. The number of aliphatic hydroxyl groups excluding tert-OH is 2. The summed E-state index contributed by atoms with van der Waals surface area (Å²) in [4.78, 5) is 13.0. The van der Waals surface area contributed by atoms with E-state index in [1.54, 1.807) is 41.9 Å². The molecule has 8 nitrogen and oxygen atoms in total. The molecule has 0 aliphatic heterocycles. The van der Waals surface area contributed by atoms with Crippen molar-refractivity contribution < 1.29 is 19.7 Å². The zero-order chi connectivity index (χ0) is 22.5. The van der Waals surface area contributed by atoms with Crippen LogP contribution in [0, 0.1) is 6.92 Å². The molecule has 1 aromatic carbocycles. The Morgan fingerprint density at radius 3 is 2.69 bits per heavy atom. The normalized spacial score (nSPS) is 11.8. The highest BCUT2D eigenvalue weighted by atomic mass is 35.5. The number of pyridine rings is 2. The molecule has 0 fully saturated rings. The Labute approximate surface area is 193 Å². The van der Waals surface area contributed by atoms with E-state index in [0.29, 0.717) is 50.4 Å². The molecule has 4 aromatic rings. The minimum absolute atomic E-state index is 0.365. The van der Waals surface area contributed by atoms with Crippen LogP contribution < -0.4 is 14.8 Å². The van der Waals surface area contributed by atoms with Gasteiger partial charge in [0.2, 0.25) is 0 Å². The van der Waals surface area contributed by atoms with Crippen LogP contribution in [0.5, 0.6) is 23.0 Å². The van der Waals surface area contributed by atoms with E-state index >= 15 is 0 Å². The number of hydrogen-bond acceptors (Lipinski definition) is 9. The van der Waals surface area contributed by atoms with Gasteiger partial charge in [0.05, 0.1) is 29.2 Å². The molecule has 0 radical (unpaired) electrons. The van der Waals surface area contributed by atoms with Crippen LogP contribution in [0.15, 0.2) is 60.2 Å². The first-order valence-corrected chi connectivity index (χ1v) is 10.8.